The van der Waals surface area contributed by atoms with Gasteiger partial charge in [-0.3, -0.25) is 0 Å². The van der Waals surface area contributed by atoms with Crippen LogP contribution < -0.4 is 4.74 Å². The fourth-order valence-electron chi connectivity index (χ4n) is 4.54. The zero-order valence-electron chi connectivity index (χ0n) is 16.8. The van der Waals surface area contributed by atoms with Crippen molar-refractivity contribution in [3.05, 3.63) is 110 Å². The third kappa shape index (κ3) is 3.35. The minimum absolute atomic E-state index is 0.0512. The van der Waals surface area contributed by atoms with E-state index < -0.39 is 6.23 Å². The van der Waals surface area contributed by atoms with Crippen molar-refractivity contribution in [2.75, 3.05) is 0 Å². The maximum absolute atomic E-state index is 6.58. The van der Waals surface area contributed by atoms with E-state index in [1.54, 1.807) is 0 Å². The number of halogens is 3. The Labute approximate surface area is 207 Å². The molecule has 0 saturated carbocycles. The van der Waals surface area contributed by atoms with Gasteiger partial charge in [0.1, 0.15) is 5.75 Å². The van der Waals surface area contributed by atoms with Crippen LogP contribution in [0, 0.1) is 0 Å². The van der Waals surface area contributed by atoms with Crippen LogP contribution in [0.2, 0.25) is 5.02 Å². The molecule has 4 aromatic carbocycles. The van der Waals surface area contributed by atoms with Crippen molar-refractivity contribution in [1.82, 2.24) is 5.01 Å². The number of rotatable bonds is 2. The van der Waals surface area contributed by atoms with Crippen LogP contribution in [0.25, 0.3) is 10.8 Å². The van der Waals surface area contributed by atoms with E-state index in [1.807, 2.05) is 30.3 Å². The summed E-state index contributed by atoms with van der Waals surface area (Å²) in [5, 5.41) is 10.2. The summed E-state index contributed by atoms with van der Waals surface area (Å²) in [7, 11) is 0. The Bertz CT molecular complexity index is 1400. The number of ether oxygens (including phenoxy) is 1. The number of hydrogen-bond donors (Lipinski definition) is 0. The van der Waals surface area contributed by atoms with E-state index in [-0.39, 0.29) is 6.04 Å². The van der Waals surface area contributed by atoms with Gasteiger partial charge in [-0.2, -0.15) is 5.10 Å². The molecule has 0 spiro atoms. The van der Waals surface area contributed by atoms with E-state index in [0.29, 0.717) is 5.02 Å². The van der Waals surface area contributed by atoms with E-state index in [0.717, 1.165) is 43.5 Å². The zero-order valence-corrected chi connectivity index (χ0v) is 20.7. The molecule has 0 bridgehead atoms. The first-order valence-corrected chi connectivity index (χ1v) is 12.3. The Morgan fingerprint density at radius 1 is 0.875 bits per heavy atom. The Morgan fingerprint density at radius 3 is 2.50 bits per heavy atom. The van der Waals surface area contributed by atoms with E-state index in [2.05, 4.69) is 85.4 Å². The first-order chi connectivity index (χ1) is 15.6. The molecule has 2 atom stereocenters. The van der Waals surface area contributed by atoms with E-state index in [1.165, 1.54) is 10.8 Å². The molecule has 0 aromatic heterocycles. The van der Waals surface area contributed by atoms with Gasteiger partial charge < -0.3 is 4.74 Å². The second-order valence-corrected chi connectivity index (χ2v) is 10.2. The summed E-state index contributed by atoms with van der Waals surface area (Å²) in [5.41, 5.74) is 4.19. The maximum Gasteiger partial charge on any atom is 0.215 e. The second-order valence-electron chi connectivity index (χ2n) is 8.01. The minimum Gasteiger partial charge on any atom is -0.463 e. The summed E-state index contributed by atoms with van der Waals surface area (Å²) < 4.78 is 8.44. The van der Waals surface area contributed by atoms with Crippen molar-refractivity contribution in [1.29, 1.82) is 0 Å². The average molecular weight is 569 g/mol. The van der Waals surface area contributed by atoms with E-state index in [9.17, 15) is 0 Å². The molecule has 4 aromatic rings. The highest BCUT2D eigenvalue weighted by molar-refractivity contribution is 9.11. The summed E-state index contributed by atoms with van der Waals surface area (Å²) >= 11 is 13.9. The van der Waals surface area contributed by atoms with Crippen LogP contribution in [-0.2, 0) is 0 Å². The van der Waals surface area contributed by atoms with Crippen molar-refractivity contribution in [3.8, 4) is 5.75 Å². The van der Waals surface area contributed by atoms with Gasteiger partial charge in [0.15, 0.2) is 0 Å². The highest BCUT2D eigenvalue weighted by atomic mass is 79.9. The molecule has 32 heavy (non-hydrogen) atoms. The van der Waals surface area contributed by atoms with Crippen molar-refractivity contribution in [2.45, 2.75) is 18.7 Å². The number of benzene rings is 4. The Hall–Kier alpha value is -2.34. The van der Waals surface area contributed by atoms with Gasteiger partial charge in [0.05, 0.1) is 16.2 Å². The van der Waals surface area contributed by atoms with Gasteiger partial charge in [-0.15, -0.1) is 0 Å². The third-order valence-corrected chi connectivity index (χ3v) is 7.45. The van der Waals surface area contributed by atoms with E-state index in [4.69, 9.17) is 21.4 Å². The Morgan fingerprint density at radius 2 is 1.66 bits per heavy atom. The molecule has 2 unspecified atom stereocenters. The van der Waals surface area contributed by atoms with Crippen LogP contribution in [0.5, 0.6) is 5.75 Å². The van der Waals surface area contributed by atoms with Gasteiger partial charge in [-0.05, 0) is 56.5 Å². The van der Waals surface area contributed by atoms with Gasteiger partial charge >= 0.3 is 0 Å². The molecule has 0 saturated heterocycles. The molecule has 0 N–H and O–H groups in total. The lowest BCUT2D eigenvalue weighted by Crippen LogP contribution is -2.34. The molecular weight excluding hydrogens is 552 g/mol. The standard InChI is InChI=1S/C26H17Br2ClN2O/c27-18-12-20-24-14-23(17-10-9-15-5-1-2-6-16(15)11-17)30-31(24)26(32-25(20)21(28)13-18)19-7-3-4-8-22(19)29/h1-13,24,26H,14H2. The van der Waals surface area contributed by atoms with Crippen molar-refractivity contribution in [3.63, 3.8) is 0 Å². The lowest BCUT2D eigenvalue weighted by molar-refractivity contribution is -0.0196. The SMILES string of the molecule is Clc1ccccc1C1Oc2c(Br)cc(Br)cc2C2CC(c3ccc4ccccc4c3)=NN21. The van der Waals surface area contributed by atoms with Crippen LogP contribution >= 0.6 is 43.5 Å². The van der Waals surface area contributed by atoms with Crippen LogP contribution in [0.15, 0.2) is 92.9 Å². The van der Waals surface area contributed by atoms with Gasteiger partial charge in [0, 0.05) is 27.0 Å². The molecule has 0 fully saturated rings. The first kappa shape index (κ1) is 20.3. The zero-order chi connectivity index (χ0) is 21.8. The lowest BCUT2D eigenvalue weighted by atomic mass is 9.95. The molecule has 2 heterocycles. The Kier molecular flexibility index (Phi) is 5.01. The molecule has 2 aliphatic rings. The minimum atomic E-state index is -0.406. The molecule has 3 nitrogen and oxygen atoms in total. The van der Waals surface area contributed by atoms with Crippen LogP contribution in [-0.4, -0.2) is 10.7 Å². The molecule has 6 rings (SSSR count). The fourth-order valence-corrected chi connectivity index (χ4v) is 6.12. The molecule has 0 amide bonds. The molecule has 2 aliphatic heterocycles. The van der Waals surface area contributed by atoms with Crippen LogP contribution in [0.4, 0.5) is 0 Å². The van der Waals surface area contributed by atoms with Crippen LogP contribution in [0.3, 0.4) is 0 Å². The highest BCUT2D eigenvalue weighted by Gasteiger charge is 2.42. The van der Waals surface area contributed by atoms with Crippen molar-refractivity contribution in [2.24, 2.45) is 5.10 Å². The largest absolute Gasteiger partial charge is 0.463 e. The lowest BCUT2D eigenvalue weighted by Gasteiger charge is -2.39. The molecule has 0 aliphatic carbocycles. The summed E-state index contributed by atoms with van der Waals surface area (Å²) in [6.45, 7) is 0. The molecule has 0 radical (unpaired) electrons. The fraction of sp³-hybridized carbons (Fsp3) is 0.115. The maximum atomic E-state index is 6.58. The van der Waals surface area contributed by atoms with Crippen molar-refractivity contribution < 1.29 is 4.74 Å². The van der Waals surface area contributed by atoms with Gasteiger partial charge in [0.25, 0.3) is 0 Å². The smallest absolute Gasteiger partial charge is 0.215 e. The van der Waals surface area contributed by atoms with Gasteiger partial charge in [0.2, 0.25) is 6.23 Å². The third-order valence-electron chi connectivity index (χ3n) is 6.06. The van der Waals surface area contributed by atoms with Crippen LogP contribution in [0.1, 0.15) is 35.4 Å². The average Bonchev–Trinajstić information content (AvgIpc) is 3.25. The second kappa shape index (κ2) is 7.91. The number of hydrogen-bond acceptors (Lipinski definition) is 3. The summed E-state index contributed by atoms with van der Waals surface area (Å²) in [4.78, 5) is 0. The predicted molar refractivity (Wildman–Crippen MR) is 136 cm³/mol. The quantitative estimate of drug-likeness (QED) is 0.243. The normalized spacial score (nSPS) is 19.3. The summed E-state index contributed by atoms with van der Waals surface area (Å²) in [6.07, 6.45) is 0.384. The Balaban J connectivity index is 1.49. The number of nitrogens with zero attached hydrogens (tertiary/aromatic N) is 2. The monoisotopic (exact) mass is 566 g/mol. The van der Waals surface area contributed by atoms with Crippen molar-refractivity contribution >= 4 is 59.9 Å². The number of hydrazone groups is 1. The molecular formula is C26H17Br2ClN2O. The molecule has 6 heteroatoms. The number of fused-ring (bicyclic) bond motifs is 4. The summed E-state index contributed by atoms with van der Waals surface area (Å²) in [5.74, 6) is 0.842. The summed E-state index contributed by atoms with van der Waals surface area (Å²) in [6, 6.07) is 26.9. The van der Waals surface area contributed by atoms with Gasteiger partial charge in [-0.25, -0.2) is 5.01 Å². The first-order valence-electron chi connectivity index (χ1n) is 10.3. The van der Waals surface area contributed by atoms with Gasteiger partial charge in [-0.1, -0.05) is 82.1 Å². The predicted octanol–water partition coefficient (Wildman–Crippen LogP) is 8.26. The topological polar surface area (TPSA) is 24.8 Å². The molecule has 158 valence electrons. The highest BCUT2D eigenvalue weighted by Crippen LogP contribution is 2.51. The van der Waals surface area contributed by atoms with E-state index >= 15 is 0 Å².